The van der Waals surface area contributed by atoms with Crippen LogP contribution >= 0.6 is 0 Å². The molecule has 0 aliphatic rings. The SMILES string of the molecule is CC(O)(C=O)CC=O.c1ccccc1. The van der Waals surface area contributed by atoms with E-state index in [9.17, 15) is 9.59 Å². The van der Waals surface area contributed by atoms with Crippen molar-refractivity contribution in [2.24, 2.45) is 0 Å². The van der Waals surface area contributed by atoms with Gasteiger partial charge < -0.3 is 14.7 Å². The van der Waals surface area contributed by atoms with Crippen LogP contribution in [0, 0.1) is 0 Å². The Bertz CT molecular complexity index is 228. The zero-order chi connectivity index (χ0) is 10.9. The van der Waals surface area contributed by atoms with Gasteiger partial charge in [-0.05, 0) is 6.92 Å². The first-order valence-corrected chi connectivity index (χ1v) is 4.25. The number of rotatable bonds is 3. The van der Waals surface area contributed by atoms with Crippen molar-refractivity contribution in [1.29, 1.82) is 0 Å². The van der Waals surface area contributed by atoms with Crippen molar-refractivity contribution in [3.63, 3.8) is 0 Å². The van der Waals surface area contributed by atoms with Gasteiger partial charge >= 0.3 is 0 Å². The summed E-state index contributed by atoms with van der Waals surface area (Å²) in [4.78, 5) is 19.5. The number of aliphatic hydroxyl groups is 1. The van der Waals surface area contributed by atoms with Crippen molar-refractivity contribution in [3.8, 4) is 0 Å². The number of hydrogen-bond acceptors (Lipinski definition) is 3. The van der Waals surface area contributed by atoms with Crippen molar-refractivity contribution < 1.29 is 14.7 Å². The third-order valence-corrected chi connectivity index (χ3v) is 1.42. The highest BCUT2D eigenvalue weighted by Gasteiger charge is 2.16. The summed E-state index contributed by atoms with van der Waals surface area (Å²) in [6, 6.07) is 12.0. The Balaban J connectivity index is 0.000000249. The number of carbonyl (C=O) groups is 2. The Hall–Kier alpha value is -1.48. The van der Waals surface area contributed by atoms with Gasteiger partial charge in [0.15, 0.2) is 6.29 Å². The van der Waals surface area contributed by atoms with E-state index in [1.165, 1.54) is 6.92 Å². The molecule has 0 aliphatic carbocycles. The first kappa shape index (κ1) is 12.5. The van der Waals surface area contributed by atoms with E-state index in [1.54, 1.807) is 0 Å². The van der Waals surface area contributed by atoms with Crippen molar-refractivity contribution in [1.82, 2.24) is 0 Å². The third-order valence-electron chi connectivity index (χ3n) is 1.42. The molecule has 0 aromatic heterocycles. The minimum atomic E-state index is -1.46. The van der Waals surface area contributed by atoms with Gasteiger partial charge in [0.1, 0.15) is 11.9 Å². The molecule has 0 heterocycles. The Kier molecular flexibility index (Phi) is 6.24. The summed E-state index contributed by atoms with van der Waals surface area (Å²) in [6.45, 7) is 1.29. The molecule has 1 aromatic carbocycles. The highest BCUT2D eigenvalue weighted by molar-refractivity contribution is 5.68. The van der Waals surface area contributed by atoms with E-state index in [4.69, 9.17) is 5.11 Å². The molecule has 1 atom stereocenters. The van der Waals surface area contributed by atoms with Crippen molar-refractivity contribution in [2.45, 2.75) is 18.9 Å². The first-order valence-electron chi connectivity index (χ1n) is 4.25. The molecule has 14 heavy (non-hydrogen) atoms. The molecule has 0 aliphatic heterocycles. The summed E-state index contributed by atoms with van der Waals surface area (Å²) in [7, 11) is 0. The second-order valence-corrected chi connectivity index (χ2v) is 3.00. The minimum Gasteiger partial charge on any atom is -0.382 e. The predicted molar refractivity (Wildman–Crippen MR) is 53.8 cm³/mol. The van der Waals surface area contributed by atoms with Crippen LogP contribution < -0.4 is 0 Å². The molecule has 0 saturated carbocycles. The van der Waals surface area contributed by atoms with E-state index in [0.717, 1.165) is 0 Å². The zero-order valence-electron chi connectivity index (χ0n) is 8.09. The molecule has 1 rings (SSSR count). The lowest BCUT2D eigenvalue weighted by atomic mass is 10.1. The molecular formula is C11H14O3. The van der Waals surface area contributed by atoms with Crippen LogP contribution in [0.15, 0.2) is 36.4 Å². The standard InChI is InChI=1S/C6H6.C5H8O3/c1-2-4-6-5-3-1;1-5(8,4-7)2-3-6/h1-6H;3-4,8H,2H2,1H3. The Labute approximate surface area is 83.4 Å². The van der Waals surface area contributed by atoms with E-state index in [-0.39, 0.29) is 6.42 Å². The molecule has 0 fully saturated rings. The Morgan fingerprint density at radius 1 is 1.07 bits per heavy atom. The monoisotopic (exact) mass is 194 g/mol. The van der Waals surface area contributed by atoms with Gasteiger partial charge in [0, 0.05) is 6.42 Å². The van der Waals surface area contributed by atoms with E-state index in [1.807, 2.05) is 36.4 Å². The average molecular weight is 194 g/mol. The molecule has 0 radical (unpaired) electrons. The first-order chi connectivity index (χ1) is 6.62. The number of hydrogen-bond donors (Lipinski definition) is 1. The van der Waals surface area contributed by atoms with E-state index in [0.29, 0.717) is 12.6 Å². The predicted octanol–water partition coefficient (Wildman–Crippen LogP) is 1.21. The third kappa shape index (κ3) is 7.18. The summed E-state index contributed by atoms with van der Waals surface area (Å²) in [5, 5.41) is 8.72. The smallest absolute Gasteiger partial charge is 0.151 e. The lowest BCUT2D eigenvalue weighted by Gasteiger charge is -2.08. The Morgan fingerprint density at radius 2 is 1.43 bits per heavy atom. The van der Waals surface area contributed by atoms with Crippen molar-refractivity contribution in [3.05, 3.63) is 36.4 Å². The molecular weight excluding hydrogens is 180 g/mol. The summed E-state index contributed by atoms with van der Waals surface area (Å²) in [5.41, 5.74) is -1.46. The van der Waals surface area contributed by atoms with Crippen LogP contribution in [0.3, 0.4) is 0 Å². The highest BCUT2D eigenvalue weighted by atomic mass is 16.3. The molecule has 0 spiro atoms. The van der Waals surface area contributed by atoms with Gasteiger partial charge in [-0.25, -0.2) is 0 Å². The van der Waals surface area contributed by atoms with Crippen LogP contribution in [0.2, 0.25) is 0 Å². The van der Waals surface area contributed by atoms with Gasteiger partial charge in [0.2, 0.25) is 0 Å². The second kappa shape index (κ2) is 6.97. The van der Waals surface area contributed by atoms with Gasteiger partial charge in [-0.2, -0.15) is 0 Å². The van der Waals surface area contributed by atoms with Crippen LogP contribution in [0.25, 0.3) is 0 Å². The van der Waals surface area contributed by atoms with Crippen LogP contribution in [0.5, 0.6) is 0 Å². The molecule has 3 heteroatoms. The molecule has 3 nitrogen and oxygen atoms in total. The Morgan fingerprint density at radius 3 is 1.57 bits per heavy atom. The summed E-state index contributed by atoms with van der Waals surface area (Å²) >= 11 is 0. The summed E-state index contributed by atoms with van der Waals surface area (Å²) in [6.07, 6.45) is 0.728. The van der Waals surface area contributed by atoms with Crippen LogP contribution in [0.1, 0.15) is 13.3 Å². The van der Waals surface area contributed by atoms with E-state index >= 15 is 0 Å². The van der Waals surface area contributed by atoms with Crippen molar-refractivity contribution >= 4 is 12.6 Å². The van der Waals surface area contributed by atoms with Crippen LogP contribution in [-0.4, -0.2) is 23.3 Å². The second-order valence-electron chi connectivity index (χ2n) is 3.00. The number of benzene rings is 1. The maximum atomic E-state index is 9.81. The van der Waals surface area contributed by atoms with E-state index < -0.39 is 5.60 Å². The molecule has 1 aromatic rings. The number of carbonyl (C=O) groups excluding carboxylic acids is 2. The van der Waals surface area contributed by atoms with Gasteiger partial charge in [-0.1, -0.05) is 36.4 Å². The minimum absolute atomic E-state index is 0.128. The molecule has 1 unspecified atom stereocenters. The fourth-order valence-electron chi connectivity index (χ4n) is 0.602. The maximum Gasteiger partial charge on any atom is 0.151 e. The highest BCUT2D eigenvalue weighted by Crippen LogP contribution is 2.00. The lowest BCUT2D eigenvalue weighted by Crippen LogP contribution is -2.25. The molecule has 1 N–H and O–H groups in total. The summed E-state index contributed by atoms with van der Waals surface area (Å²) < 4.78 is 0. The fourth-order valence-corrected chi connectivity index (χ4v) is 0.602. The summed E-state index contributed by atoms with van der Waals surface area (Å²) in [5.74, 6) is 0. The van der Waals surface area contributed by atoms with Crippen molar-refractivity contribution in [2.75, 3.05) is 0 Å². The number of aldehydes is 2. The quantitative estimate of drug-likeness (QED) is 0.736. The van der Waals surface area contributed by atoms with Crippen LogP contribution in [0.4, 0.5) is 0 Å². The normalized spacial score (nSPS) is 13.0. The average Bonchev–Trinajstić information content (AvgIpc) is 2.21. The largest absolute Gasteiger partial charge is 0.382 e. The molecule has 0 amide bonds. The fraction of sp³-hybridized carbons (Fsp3) is 0.273. The molecule has 0 saturated heterocycles. The molecule has 76 valence electrons. The van der Waals surface area contributed by atoms with Crippen LogP contribution in [-0.2, 0) is 9.59 Å². The van der Waals surface area contributed by atoms with Gasteiger partial charge in [-0.15, -0.1) is 0 Å². The topological polar surface area (TPSA) is 54.4 Å². The maximum absolute atomic E-state index is 9.81. The van der Waals surface area contributed by atoms with Gasteiger partial charge in [0.05, 0.1) is 0 Å². The van der Waals surface area contributed by atoms with Gasteiger partial charge in [-0.3, -0.25) is 0 Å². The zero-order valence-corrected chi connectivity index (χ0v) is 8.09. The van der Waals surface area contributed by atoms with Gasteiger partial charge in [0.25, 0.3) is 0 Å². The lowest BCUT2D eigenvalue weighted by molar-refractivity contribution is -0.126. The van der Waals surface area contributed by atoms with E-state index in [2.05, 4.69) is 0 Å². The molecule has 0 bridgehead atoms.